The summed E-state index contributed by atoms with van der Waals surface area (Å²) in [5.74, 6) is 4.79. The molecule has 1 aliphatic heterocycles. The summed E-state index contributed by atoms with van der Waals surface area (Å²) in [6, 6.07) is 2.15. The molecule has 0 aromatic carbocycles. The van der Waals surface area contributed by atoms with Crippen LogP contribution in [-0.4, -0.2) is 32.6 Å². The van der Waals surface area contributed by atoms with Crippen molar-refractivity contribution in [2.45, 2.75) is 32.6 Å². The lowest BCUT2D eigenvalue weighted by atomic mass is 10.0. The van der Waals surface area contributed by atoms with Gasteiger partial charge < -0.3 is 5.32 Å². The average molecular weight is 290 g/mol. The summed E-state index contributed by atoms with van der Waals surface area (Å²) in [6.07, 6.45) is 6.38. The first-order valence-electron chi connectivity index (χ1n) is 7.40. The van der Waals surface area contributed by atoms with Gasteiger partial charge >= 0.3 is 0 Å². The van der Waals surface area contributed by atoms with Crippen LogP contribution in [0.15, 0.2) is 18.5 Å². The molecule has 2 aromatic rings. The molecule has 4 nitrogen and oxygen atoms in total. The van der Waals surface area contributed by atoms with Crippen LogP contribution < -0.4 is 5.32 Å². The second-order valence-corrected chi connectivity index (χ2v) is 6.99. The van der Waals surface area contributed by atoms with Crippen LogP contribution in [-0.2, 0) is 0 Å². The Labute approximate surface area is 124 Å². The highest BCUT2D eigenvalue weighted by atomic mass is 32.2. The summed E-state index contributed by atoms with van der Waals surface area (Å²) in [7, 11) is 0. The van der Waals surface area contributed by atoms with Gasteiger partial charge in [-0.05, 0) is 42.2 Å². The predicted molar refractivity (Wildman–Crippen MR) is 85.6 cm³/mol. The van der Waals surface area contributed by atoms with Crippen LogP contribution in [0, 0.1) is 5.92 Å². The van der Waals surface area contributed by atoms with Crippen molar-refractivity contribution in [1.29, 1.82) is 0 Å². The number of aromatic nitrogens is 3. The highest BCUT2D eigenvalue weighted by Crippen LogP contribution is 2.24. The molecule has 5 heteroatoms. The smallest absolute Gasteiger partial charge is 0.152 e. The molecule has 108 valence electrons. The van der Waals surface area contributed by atoms with E-state index in [1.165, 1.54) is 24.3 Å². The zero-order chi connectivity index (χ0) is 13.9. The maximum Gasteiger partial charge on any atom is 0.152 e. The van der Waals surface area contributed by atoms with Crippen molar-refractivity contribution in [2.24, 2.45) is 5.92 Å². The molecule has 0 spiro atoms. The number of rotatable bonds is 4. The molecule has 0 aliphatic carbocycles. The van der Waals surface area contributed by atoms with Crippen LogP contribution in [0.1, 0.15) is 38.3 Å². The van der Waals surface area contributed by atoms with E-state index in [4.69, 9.17) is 0 Å². The van der Waals surface area contributed by atoms with Crippen molar-refractivity contribution in [1.82, 2.24) is 14.6 Å². The fourth-order valence-electron chi connectivity index (χ4n) is 2.55. The standard InChI is InChI=1S/C15H22N4S/c1-11(2)13-9-14-15(16-5-6-19(14)18-13)17-10-12-3-7-20-8-4-12/h5-6,9,11-12H,3-4,7-8,10H2,1-2H3,(H,16,17). The second-order valence-electron chi connectivity index (χ2n) is 5.77. The Kier molecular flexibility index (Phi) is 4.15. The zero-order valence-electron chi connectivity index (χ0n) is 12.2. The van der Waals surface area contributed by atoms with E-state index in [-0.39, 0.29) is 0 Å². The fourth-order valence-corrected chi connectivity index (χ4v) is 3.75. The number of hydrogen-bond acceptors (Lipinski definition) is 4. The Morgan fingerprint density at radius 3 is 2.95 bits per heavy atom. The molecule has 1 N–H and O–H groups in total. The van der Waals surface area contributed by atoms with Gasteiger partial charge in [0.05, 0.1) is 5.69 Å². The number of fused-ring (bicyclic) bond motifs is 1. The quantitative estimate of drug-likeness (QED) is 0.937. The van der Waals surface area contributed by atoms with Gasteiger partial charge in [0.2, 0.25) is 0 Å². The lowest BCUT2D eigenvalue weighted by Crippen LogP contribution is -2.19. The summed E-state index contributed by atoms with van der Waals surface area (Å²) in [5, 5.41) is 8.13. The molecular weight excluding hydrogens is 268 g/mol. The van der Waals surface area contributed by atoms with Crippen LogP contribution in [0.5, 0.6) is 0 Å². The third-order valence-electron chi connectivity index (χ3n) is 3.90. The Morgan fingerprint density at radius 2 is 2.20 bits per heavy atom. The minimum atomic E-state index is 0.443. The molecule has 0 amide bonds. The van der Waals surface area contributed by atoms with Gasteiger partial charge in [0.1, 0.15) is 5.52 Å². The molecule has 2 aromatic heterocycles. The fraction of sp³-hybridized carbons (Fsp3) is 0.600. The second kappa shape index (κ2) is 6.04. The minimum absolute atomic E-state index is 0.443. The molecule has 0 radical (unpaired) electrons. The molecule has 20 heavy (non-hydrogen) atoms. The van der Waals surface area contributed by atoms with E-state index < -0.39 is 0 Å². The van der Waals surface area contributed by atoms with Crippen LogP contribution in [0.4, 0.5) is 5.82 Å². The number of nitrogens with one attached hydrogen (secondary N) is 1. The van der Waals surface area contributed by atoms with Gasteiger partial charge in [-0.3, -0.25) is 0 Å². The first-order chi connectivity index (χ1) is 9.74. The minimum Gasteiger partial charge on any atom is -0.368 e. The van der Waals surface area contributed by atoms with Gasteiger partial charge in [-0.15, -0.1) is 0 Å². The van der Waals surface area contributed by atoms with E-state index >= 15 is 0 Å². The molecule has 1 saturated heterocycles. The van der Waals surface area contributed by atoms with Crippen LogP contribution in [0.2, 0.25) is 0 Å². The average Bonchev–Trinajstić information content (AvgIpc) is 2.91. The maximum atomic E-state index is 4.60. The van der Waals surface area contributed by atoms with Crippen LogP contribution in [0.25, 0.3) is 5.52 Å². The van der Waals surface area contributed by atoms with Crippen molar-refractivity contribution >= 4 is 23.1 Å². The highest BCUT2D eigenvalue weighted by Gasteiger charge is 2.15. The Morgan fingerprint density at radius 1 is 1.40 bits per heavy atom. The first-order valence-corrected chi connectivity index (χ1v) is 8.55. The van der Waals surface area contributed by atoms with Crippen LogP contribution in [0.3, 0.4) is 0 Å². The Balaban J connectivity index is 1.76. The first kappa shape index (κ1) is 13.7. The lowest BCUT2D eigenvalue weighted by Gasteiger charge is -2.21. The van der Waals surface area contributed by atoms with E-state index in [2.05, 4.69) is 47.1 Å². The van der Waals surface area contributed by atoms with Gasteiger partial charge in [-0.1, -0.05) is 13.8 Å². The van der Waals surface area contributed by atoms with Crippen molar-refractivity contribution < 1.29 is 0 Å². The third-order valence-corrected chi connectivity index (χ3v) is 4.95. The largest absolute Gasteiger partial charge is 0.368 e. The van der Waals surface area contributed by atoms with Gasteiger partial charge in [-0.2, -0.15) is 16.9 Å². The molecule has 0 unspecified atom stereocenters. The number of thioether (sulfide) groups is 1. The molecule has 3 rings (SSSR count). The van der Waals surface area contributed by atoms with E-state index in [0.29, 0.717) is 5.92 Å². The topological polar surface area (TPSA) is 42.2 Å². The van der Waals surface area contributed by atoms with Crippen molar-refractivity contribution in [3.05, 3.63) is 24.2 Å². The zero-order valence-corrected chi connectivity index (χ0v) is 13.0. The van der Waals surface area contributed by atoms with Gasteiger partial charge in [0.15, 0.2) is 5.82 Å². The highest BCUT2D eigenvalue weighted by molar-refractivity contribution is 7.99. The maximum absolute atomic E-state index is 4.60. The van der Waals surface area contributed by atoms with E-state index in [1.807, 2.05) is 16.9 Å². The van der Waals surface area contributed by atoms with Gasteiger partial charge in [0.25, 0.3) is 0 Å². The Bertz CT molecular complexity index is 572. The molecule has 1 fully saturated rings. The molecule has 0 saturated carbocycles. The van der Waals surface area contributed by atoms with Gasteiger partial charge in [0, 0.05) is 18.9 Å². The summed E-state index contributed by atoms with van der Waals surface area (Å²) in [5.41, 5.74) is 2.21. The molecule has 0 bridgehead atoms. The van der Waals surface area contributed by atoms with Crippen LogP contribution >= 0.6 is 11.8 Å². The molecular formula is C15H22N4S. The molecule has 1 aliphatic rings. The van der Waals surface area contributed by atoms with Crippen molar-refractivity contribution in [2.75, 3.05) is 23.4 Å². The van der Waals surface area contributed by atoms with E-state index in [0.717, 1.165) is 29.5 Å². The normalized spacial score (nSPS) is 16.9. The summed E-state index contributed by atoms with van der Waals surface area (Å²) < 4.78 is 1.93. The van der Waals surface area contributed by atoms with E-state index in [9.17, 15) is 0 Å². The molecule has 3 heterocycles. The molecule has 0 atom stereocenters. The lowest BCUT2D eigenvalue weighted by molar-refractivity contribution is 0.515. The van der Waals surface area contributed by atoms with Gasteiger partial charge in [-0.25, -0.2) is 9.50 Å². The third kappa shape index (κ3) is 2.92. The van der Waals surface area contributed by atoms with E-state index in [1.54, 1.807) is 0 Å². The summed E-state index contributed by atoms with van der Waals surface area (Å²) in [4.78, 5) is 4.49. The Hall–Kier alpha value is -1.23. The van der Waals surface area contributed by atoms with Crippen molar-refractivity contribution in [3.8, 4) is 0 Å². The number of hydrogen-bond donors (Lipinski definition) is 1. The predicted octanol–water partition coefficient (Wildman–Crippen LogP) is 3.41. The monoisotopic (exact) mass is 290 g/mol. The number of nitrogens with zero attached hydrogens (tertiary/aromatic N) is 3. The number of anilines is 1. The van der Waals surface area contributed by atoms with Crippen molar-refractivity contribution in [3.63, 3.8) is 0 Å². The summed E-state index contributed by atoms with van der Waals surface area (Å²) >= 11 is 2.07. The summed E-state index contributed by atoms with van der Waals surface area (Å²) in [6.45, 7) is 5.36. The SMILES string of the molecule is CC(C)c1cc2c(NCC3CCSCC3)nccn2n1.